The SMILES string of the molecule is COc1ccc(N2C(=O)[C@@H]3C[C@H]2CN3Cc2ccc3nccnc3c2)cc1Cl. The number of nitrogens with zero attached hydrogens (tertiary/aromatic N) is 4. The summed E-state index contributed by atoms with van der Waals surface area (Å²) in [6.07, 6.45) is 4.24. The molecule has 142 valence electrons. The van der Waals surface area contributed by atoms with Crippen molar-refractivity contribution in [2.45, 2.75) is 25.0 Å². The molecule has 2 saturated heterocycles. The van der Waals surface area contributed by atoms with Crippen molar-refractivity contribution in [1.82, 2.24) is 14.9 Å². The minimum absolute atomic E-state index is 0.0940. The van der Waals surface area contributed by atoms with Crippen LogP contribution in [-0.2, 0) is 11.3 Å². The van der Waals surface area contributed by atoms with Gasteiger partial charge in [-0.2, -0.15) is 0 Å². The summed E-state index contributed by atoms with van der Waals surface area (Å²) in [5.74, 6) is 0.751. The molecule has 2 fully saturated rings. The second kappa shape index (κ2) is 6.72. The first-order valence-corrected chi connectivity index (χ1v) is 9.62. The van der Waals surface area contributed by atoms with Gasteiger partial charge in [0.05, 0.1) is 35.2 Å². The van der Waals surface area contributed by atoms with E-state index in [9.17, 15) is 4.79 Å². The molecule has 0 saturated carbocycles. The lowest BCUT2D eigenvalue weighted by Crippen LogP contribution is -2.50. The van der Waals surface area contributed by atoms with Gasteiger partial charge in [0.1, 0.15) is 5.75 Å². The van der Waals surface area contributed by atoms with Gasteiger partial charge in [-0.25, -0.2) is 0 Å². The summed E-state index contributed by atoms with van der Waals surface area (Å²) in [6, 6.07) is 11.7. The lowest BCUT2D eigenvalue weighted by molar-refractivity contribution is -0.122. The third-order valence-electron chi connectivity index (χ3n) is 5.60. The Bertz CT molecular complexity index is 1070. The maximum absolute atomic E-state index is 13.0. The standard InChI is InChI=1S/C21H19ClN4O2/c1-28-20-5-3-14(9-16(20)22)26-15-10-19(21(26)27)25(12-15)11-13-2-4-17-18(8-13)24-7-6-23-17/h2-9,15,19H,10-12H2,1H3/t15-,19-/m0/s1. The number of anilines is 1. The van der Waals surface area contributed by atoms with E-state index >= 15 is 0 Å². The Morgan fingerprint density at radius 2 is 1.96 bits per heavy atom. The summed E-state index contributed by atoms with van der Waals surface area (Å²) in [7, 11) is 1.58. The topological polar surface area (TPSA) is 58.6 Å². The summed E-state index contributed by atoms with van der Waals surface area (Å²) in [5.41, 5.74) is 3.74. The molecule has 2 atom stereocenters. The summed E-state index contributed by atoms with van der Waals surface area (Å²) in [4.78, 5) is 25.9. The molecule has 0 unspecified atom stereocenters. The fraction of sp³-hybridized carbons (Fsp3) is 0.286. The molecule has 3 heterocycles. The monoisotopic (exact) mass is 394 g/mol. The first-order valence-electron chi connectivity index (χ1n) is 9.24. The Hall–Kier alpha value is -2.70. The van der Waals surface area contributed by atoms with Crippen LogP contribution in [0.3, 0.4) is 0 Å². The zero-order chi connectivity index (χ0) is 19.3. The van der Waals surface area contributed by atoms with Crippen LogP contribution in [0.15, 0.2) is 48.8 Å². The summed E-state index contributed by atoms with van der Waals surface area (Å²) >= 11 is 6.26. The second-order valence-electron chi connectivity index (χ2n) is 7.24. The number of amides is 1. The first-order chi connectivity index (χ1) is 13.6. The van der Waals surface area contributed by atoms with E-state index < -0.39 is 0 Å². The zero-order valence-electron chi connectivity index (χ0n) is 15.4. The summed E-state index contributed by atoms with van der Waals surface area (Å²) < 4.78 is 5.21. The van der Waals surface area contributed by atoms with Crippen LogP contribution < -0.4 is 9.64 Å². The van der Waals surface area contributed by atoms with E-state index in [4.69, 9.17) is 16.3 Å². The van der Waals surface area contributed by atoms with E-state index in [1.165, 1.54) is 0 Å². The fourth-order valence-electron chi connectivity index (χ4n) is 4.32. The van der Waals surface area contributed by atoms with Crippen molar-refractivity contribution in [2.75, 3.05) is 18.6 Å². The van der Waals surface area contributed by atoms with Gasteiger partial charge in [-0.05, 0) is 42.3 Å². The molecule has 0 spiro atoms. The van der Waals surface area contributed by atoms with Gasteiger partial charge >= 0.3 is 0 Å². The zero-order valence-corrected chi connectivity index (χ0v) is 16.1. The normalized spacial score (nSPS) is 21.6. The van der Waals surface area contributed by atoms with Gasteiger partial charge < -0.3 is 9.64 Å². The highest BCUT2D eigenvalue weighted by Gasteiger charge is 2.49. The van der Waals surface area contributed by atoms with Gasteiger partial charge in [0, 0.05) is 31.2 Å². The Morgan fingerprint density at radius 1 is 1.14 bits per heavy atom. The smallest absolute Gasteiger partial charge is 0.244 e. The van der Waals surface area contributed by atoms with Crippen molar-refractivity contribution in [3.8, 4) is 5.75 Å². The Morgan fingerprint density at radius 3 is 2.71 bits per heavy atom. The molecule has 1 amide bonds. The predicted octanol–water partition coefficient (Wildman–Crippen LogP) is 3.28. The minimum atomic E-state index is -0.0940. The number of piperazine rings is 1. The third kappa shape index (κ3) is 2.80. The fourth-order valence-corrected chi connectivity index (χ4v) is 4.58. The number of methoxy groups -OCH3 is 1. The van der Waals surface area contributed by atoms with Crippen LogP contribution in [0.1, 0.15) is 12.0 Å². The highest BCUT2D eigenvalue weighted by molar-refractivity contribution is 6.32. The van der Waals surface area contributed by atoms with Crippen molar-refractivity contribution in [3.05, 3.63) is 59.4 Å². The van der Waals surface area contributed by atoms with Crippen molar-refractivity contribution in [2.24, 2.45) is 0 Å². The molecular formula is C21H19ClN4O2. The molecule has 0 N–H and O–H groups in total. The second-order valence-corrected chi connectivity index (χ2v) is 7.65. The number of ether oxygens (including phenoxy) is 1. The van der Waals surface area contributed by atoms with E-state index in [1.807, 2.05) is 29.2 Å². The van der Waals surface area contributed by atoms with Gasteiger partial charge in [0.2, 0.25) is 5.91 Å². The number of likely N-dealkylation sites (tertiary alicyclic amines) is 1. The molecule has 3 aromatic rings. The van der Waals surface area contributed by atoms with Crippen LogP contribution in [0.4, 0.5) is 5.69 Å². The molecule has 5 rings (SSSR count). The number of halogens is 1. The minimum Gasteiger partial charge on any atom is -0.495 e. The van der Waals surface area contributed by atoms with Crippen LogP contribution in [0.2, 0.25) is 5.02 Å². The number of benzene rings is 2. The number of carbonyl (C=O) groups excluding carboxylic acids is 1. The maximum Gasteiger partial charge on any atom is 0.244 e. The van der Waals surface area contributed by atoms with E-state index in [2.05, 4.69) is 27.0 Å². The van der Waals surface area contributed by atoms with Crippen LogP contribution >= 0.6 is 11.6 Å². The average molecular weight is 395 g/mol. The number of hydrogen-bond donors (Lipinski definition) is 0. The Balaban J connectivity index is 1.35. The molecule has 28 heavy (non-hydrogen) atoms. The molecule has 6 nitrogen and oxygen atoms in total. The van der Waals surface area contributed by atoms with Crippen molar-refractivity contribution in [1.29, 1.82) is 0 Å². The molecule has 1 aromatic heterocycles. The Labute approximate surface area is 167 Å². The van der Waals surface area contributed by atoms with E-state index in [0.29, 0.717) is 10.8 Å². The van der Waals surface area contributed by atoms with E-state index in [-0.39, 0.29) is 18.0 Å². The molecule has 7 heteroatoms. The molecule has 2 aromatic carbocycles. The van der Waals surface area contributed by atoms with Gasteiger partial charge in [0.15, 0.2) is 0 Å². The third-order valence-corrected chi connectivity index (χ3v) is 5.90. The van der Waals surface area contributed by atoms with Crippen molar-refractivity contribution < 1.29 is 9.53 Å². The van der Waals surface area contributed by atoms with Crippen molar-refractivity contribution >= 4 is 34.2 Å². The number of hydrogen-bond acceptors (Lipinski definition) is 5. The average Bonchev–Trinajstić information content (AvgIpc) is 3.25. The van der Waals surface area contributed by atoms with Gasteiger partial charge in [-0.1, -0.05) is 17.7 Å². The quantitative estimate of drug-likeness (QED) is 0.679. The molecule has 2 aliphatic rings. The van der Waals surface area contributed by atoms with Gasteiger partial charge in [-0.3, -0.25) is 19.7 Å². The number of aromatic nitrogens is 2. The predicted molar refractivity (Wildman–Crippen MR) is 108 cm³/mol. The van der Waals surface area contributed by atoms with Gasteiger partial charge in [0.25, 0.3) is 0 Å². The van der Waals surface area contributed by atoms with Gasteiger partial charge in [-0.15, -0.1) is 0 Å². The molecule has 0 aliphatic carbocycles. The summed E-state index contributed by atoms with van der Waals surface area (Å²) in [5, 5.41) is 0.518. The van der Waals surface area contributed by atoms with E-state index in [0.717, 1.165) is 41.8 Å². The number of carbonyl (C=O) groups is 1. The molecule has 0 radical (unpaired) electrons. The number of fused-ring (bicyclic) bond motifs is 3. The molecule has 2 bridgehead atoms. The van der Waals surface area contributed by atoms with Crippen LogP contribution in [0, 0.1) is 0 Å². The Kier molecular flexibility index (Phi) is 4.18. The van der Waals surface area contributed by atoms with Crippen molar-refractivity contribution in [3.63, 3.8) is 0 Å². The van der Waals surface area contributed by atoms with E-state index in [1.54, 1.807) is 19.5 Å². The highest BCUT2D eigenvalue weighted by atomic mass is 35.5. The molecule has 2 aliphatic heterocycles. The first kappa shape index (κ1) is 17.4. The molecular weight excluding hydrogens is 376 g/mol. The highest BCUT2D eigenvalue weighted by Crippen LogP contribution is 2.38. The maximum atomic E-state index is 13.0. The van der Waals surface area contributed by atoms with Crippen LogP contribution in [0.5, 0.6) is 5.75 Å². The lowest BCUT2D eigenvalue weighted by Gasteiger charge is -2.34. The lowest BCUT2D eigenvalue weighted by atomic mass is 10.1. The number of rotatable bonds is 4. The van der Waals surface area contributed by atoms with Crippen LogP contribution in [-0.4, -0.2) is 46.5 Å². The largest absolute Gasteiger partial charge is 0.495 e. The summed E-state index contributed by atoms with van der Waals surface area (Å²) in [6.45, 7) is 1.58. The van der Waals surface area contributed by atoms with Crippen LogP contribution in [0.25, 0.3) is 11.0 Å².